The van der Waals surface area contributed by atoms with E-state index in [0.29, 0.717) is 22.8 Å². The fourth-order valence-electron chi connectivity index (χ4n) is 1.87. The topological polar surface area (TPSA) is 67.8 Å². The summed E-state index contributed by atoms with van der Waals surface area (Å²) in [6, 6.07) is 11.3. The lowest BCUT2D eigenvalue weighted by Gasteiger charge is -2.09. The van der Waals surface area contributed by atoms with Crippen molar-refractivity contribution in [3.63, 3.8) is 0 Å². The Bertz CT molecular complexity index is 662. The highest BCUT2D eigenvalue weighted by molar-refractivity contribution is 6.30. The molecule has 0 aliphatic carbocycles. The molecule has 0 bridgehead atoms. The number of nitrogens with zero attached hydrogens (tertiary/aromatic N) is 1. The largest absolute Gasteiger partial charge is 0.409 e. The highest BCUT2D eigenvalue weighted by atomic mass is 35.5. The molecular formula is C15H14ClFN2O2. The maximum Gasteiger partial charge on any atom is 0.170 e. The number of ether oxygens (including phenoxy) is 1. The van der Waals surface area contributed by atoms with E-state index >= 15 is 0 Å². The molecular weight excluding hydrogens is 295 g/mol. The normalized spacial score (nSPS) is 11.6. The Morgan fingerprint density at radius 3 is 2.76 bits per heavy atom. The van der Waals surface area contributed by atoms with E-state index < -0.39 is 5.82 Å². The summed E-state index contributed by atoms with van der Waals surface area (Å²) in [7, 11) is 0. The minimum atomic E-state index is -0.463. The van der Waals surface area contributed by atoms with Gasteiger partial charge in [-0.05, 0) is 35.4 Å². The molecule has 4 nitrogen and oxygen atoms in total. The van der Waals surface area contributed by atoms with Gasteiger partial charge in [-0.2, -0.15) is 0 Å². The predicted octanol–water partition coefficient (Wildman–Crippen LogP) is 3.29. The maximum atomic E-state index is 13.2. The number of nitrogens with two attached hydrogens (primary N) is 1. The summed E-state index contributed by atoms with van der Waals surface area (Å²) >= 11 is 5.89. The second-order valence-corrected chi connectivity index (χ2v) is 4.85. The predicted molar refractivity (Wildman–Crippen MR) is 78.9 cm³/mol. The molecule has 3 N–H and O–H groups in total. The lowest BCUT2D eigenvalue weighted by molar-refractivity contribution is 0.107. The number of rotatable bonds is 5. The number of amidine groups is 1. The molecule has 0 radical (unpaired) electrons. The van der Waals surface area contributed by atoms with Crippen LogP contribution in [0.25, 0.3) is 0 Å². The van der Waals surface area contributed by atoms with E-state index in [4.69, 9.17) is 27.3 Å². The zero-order valence-corrected chi connectivity index (χ0v) is 11.8. The van der Waals surface area contributed by atoms with Crippen molar-refractivity contribution in [2.45, 2.75) is 13.2 Å². The van der Waals surface area contributed by atoms with Gasteiger partial charge in [-0.25, -0.2) is 4.39 Å². The fraction of sp³-hybridized carbons (Fsp3) is 0.133. The van der Waals surface area contributed by atoms with Gasteiger partial charge in [0.15, 0.2) is 5.84 Å². The molecule has 0 aromatic heterocycles. The SMILES string of the molecule is NC(=NO)c1cc(F)ccc1COCc1cccc(Cl)c1. The van der Waals surface area contributed by atoms with Crippen LogP contribution in [0.1, 0.15) is 16.7 Å². The Labute approximate surface area is 126 Å². The first-order valence-electron chi connectivity index (χ1n) is 6.18. The highest BCUT2D eigenvalue weighted by Crippen LogP contribution is 2.15. The summed E-state index contributed by atoms with van der Waals surface area (Å²) < 4.78 is 18.8. The van der Waals surface area contributed by atoms with Crippen molar-refractivity contribution in [3.05, 3.63) is 70.0 Å². The molecule has 0 fully saturated rings. The molecule has 110 valence electrons. The van der Waals surface area contributed by atoms with Gasteiger partial charge < -0.3 is 15.7 Å². The summed E-state index contributed by atoms with van der Waals surface area (Å²) in [5.74, 6) is -0.619. The Balaban J connectivity index is 2.06. The van der Waals surface area contributed by atoms with E-state index in [1.54, 1.807) is 18.2 Å². The summed E-state index contributed by atoms with van der Waals surface area (Å²) in [5.41, 5.74) is 7.39. The lowest BCUT2D eigenvalue weighted by atomic mass is 10.1. The minimum absolute atomic E-state index is 0.157. The van der Waals surface area contributed by atoms with Crippen LogP contribution in [0.4, 0.5) is 4.39 Å². The molecule has 2 aromatic rings. The van der Waals surface area contributed by atoms with Crippen LogP contribution < -0.4 is 5.73 Å². The Morgan fingerprint density at radius 1 is 1.24 bits per heavy atom. The monoisotopic (exact) mass is 308 g/mol. The van der Waals surface area contributed by atoms with Gasteiger partial charge in [-0.3, -0.25) is 0 Å². The summed E-state index contributed by atoms with van der Waals surface area (Å²) in [5, 5.41) is 12.3. The van der Waals surface area contributed by atoms with Crippen LogP contribution in [-0.4, -0.2) is 11.0 Å². The Kier molecular flexibility index (Phi) is 5.14. The molecule has 0 saturated heterocycles. The van der Waals surface area contributed by atoms with Gasteiger partial charge in [-0.15, -0.1) is 0 Å². The number of halogens is 2. The van der Waals surface area contributed by atoms with Crippen LogP contribution in [0.2, 0.25) is 5.02 Å². The maximum absolute atomic E-state index is 13.2. The average molecular weight is 309 g/mol. The van der Waals surface area contributed by atoms with E-state index in [1.165, 1.54) is 12.1 Å². The van der Waals surface area contributed by atoms with Crippen LogP contribution >= 0.6 is 11.6 Å². The van der Waals surface area contributed by atoms with E-state index in [9.17, 15) is 4.39 Å². The van der Waals surface area contributed by atoms with Crippen LogP contribution in [0.5, 0.6) is 0 Å². The van der Waals surface area contributed by atoms with E-state index in [1.807, 2.05) is 12.1 Å². The fourth-order valence-corrected chi connectivity index (χ4v) is 2.09. The van der Waals surface area contributed by atoms with Crippen LogP contribution in [0.15, 0.2) is 47.6 Å². The summed E-state index contributed by atoms with van der Waals surface area (Å²) in [6.45, 7) is 0.561. The molecule has 2 aromatic carbocycles. The van der Waals surface area contributed by atoms with Crippen molar-refractivity contribution < 1.29 is 14.3 Å². The molecule has 0 spiro atoms. The molecule has 0 atom stereocenters. The first kappa shape index (κ1) is 15.3. The molecule has 21 heavy (non-hydrogen) atoms. The van der Waals surface area contributed by atoms with Gasteiger partial charge in [0.1, 0.15) is 5.82 Å². The number of oxime groups is 1. The van der Waals surface area contributed by atoms with Gasteiger partial charge in [0.05, 0.1) is 13.2 Å². The van der Waals surface area contributed by atoms with Crippen LogP contribution in [-0.2, 0) is 18.0 Å². The zero-order chi connectivity index (χ0) is 15.2. The van der Waals surface area contributed by atoms with Crippen molar-refractivity contribution >= 4 is 17.4 Å². The van der Waals surface area contributed by atoms with Gasteiger partial charge in [0.2, 0.25) is 0 Å². The molecule has 0 amide bonds. The zero-order valence-electron chi connectivity index (χ0n) is 11.1. The Hall–Kier alpha value is -2.11. The van der Waals surface area contributed by atoms with Crippen molar-refractivity contribution in [2.24, 2.45) is 10.9 Å². The van der Waals surface area contributed by atoms with Crippen molar-refractivity contribution in [2.75, 3.05) is 0 Å². The first-order valence-corrected chi connectivity index (χ1v) is 6.56. The molecule has 0 aliphatic heterocycles. The molecule has 0 saturated carbocycles. The van der Waals surface area contributed by atoms with Crippen molar-refractivity contribution in [3.8, 4) is 0 Å². The quantitative estimate of drug-likeness (QED) is 0.385. The second-order valence-electron chi connectivity index (χ2n) is 4.41. The van der Waals surface area contributed by atoms with E-state index in [0.717, 1.165) is 5.56 Å². The van der Waals surface area contributed by atoms with Crippen LogP contribution in [0, 0.1) is 5.82 Å². The Morgan fingerprint density at radius 2 is 2.05 bits per heavy atom. The van der Waals surface area contributed by atoms with Gasteiger partial charge in [0.25, 0.3) is 0 Å². The van der Waals surface area contributed by atoms with Crippen molar-refractivity contribution in [1.29, 1.82) is 0 Å². The molecule has 0 unspecified atom stereocenters. The minimum Gasteiger partial charge on any atom is -0.409 e. The number of hydrogen-bond acceptors (Lipinski definition) is 3. The third-order valence-corrected chi connectivity index (χ3v) is 3.11. The third-order valence-electron chi connectivity index (χ3n) is 2.87. The highest BCUT2D eigenvalue weighted by Gasteiger charge is 2.09. The lowest BCUT2D eigenvalue weighted by Crippen LogP contribution is -2.16. The second kappa shape index (κ2) is 7.06. The number of benzene rings is 2. The standard InChI is InChI=1S/C15H14ClFN2O2/c16-12-3-1-2-10(6-12)8-21-9-11-4-5-13(17)7-14(11)15(18)19-20/h1-7,20H,8-9H2,(H2,18,19). The van der Waals surface area contributed by atoms with Gasteiger partial charge >= 0.3 is 0 Å². The average Bonchev–Trinajstić information content (AvgIpc) is 2.48. The molecule has 6 heteroatoms. The molecule has 0 heterocycles. The number of hydrogen-bond donors (Lipinski definition) is 2. The third kappa shape index (κ3) is 4.18. The summed E-state index contributed by atoms with van der Waals surface area (Å²) in [6.07, 6.45) is 0. The van der Waals surface area contributed by atoms with Gasteiger partial charge in [0, 0.05) is 10.6 Å². The first-order chi connectivity index (χ1) is 10.1. The smallest absolute Gasteiger partial charge is 0.170 e. The summed E-state index contributed by atoms with van der Waals surface area (Å²) in [4.78, 5) is 0. The van der Waals surface area contributed by atoms with Gasteiger partial charge in [-0.1, -0.05) is 35.0 Å². The molecule has 2 rings (SSSR count). The van der Waals surface area contributed by atoms with Crippen molar-refractivity contribution in [1.82, 2.24) is 0 Å². The van der Waals surface area contributed by atoms with Crippen LogP contribution in [0.3, 0.4) is 0 Å². The van der Waals surface area contributed by atoms with E-state index in [2.05, 4.69) is 5.16 Å². The van der Waals surface area contributed by atoms with E-state index in [-0.39, 0.29) is 12.4 Å². The molecule has 0 aliphatic rings.